The Morgan fingerprint density at radius 2 is 1.76 bits per heavy atom. The van der Waals surface area contributed by atoms with Gasteiger partial charge in [0, 0.05) is 11.8 Å². The first-order valence-corrected chi connectivity index (χ1v) is 8.43. The molecule has 0 saturated carbocycles. The van der Waals surface area contributed by atoms with Gasteiger partial charge in [0.05, 0.1) is 18.3 Å². The van der Waals surface area contributed by atoms with Crippen LogP contribution >= 0.6 is 0 Å². The summed E-state index contributed by atoms with van der Waals surface area (Å²) in [6.45, 7) is 7.86. The number of hydrogen-bond acceptors (Lipinski definition) is 3. The van der Waals surface area contributed by atoms with Gasteiger partial charge in [-0.3, -0.25) is 14.6 Å². The lowest BCUT2D eigenvalue weighted by molar-refractivity contribution is -0.121. The minimum absolute atomic E-state index is 0.0676. The van der Waals surface area contributed by atoms with Crippen LogP contribution < -0.4 is 10.6 Å². The molecule has 132 valence electrons. The summed E-state index contributed by atoms with van der Waals surface area (Å²) in [5.74, 6) is -0.295. The molecule has 0 aliphatic rings. The fourth-order valence-corrected chi connectivity index (χ4v) is 2.73. The van der Waals surface area contributed by atoms with Crippen LogP contribution in [0.25, 0.3) is 0 Å². The number of benzene rings is 1. The van der Waals surface area contributed by atoms with Gasteiger partial charge in [-0.15, -0.1) is 0 Å². The minimum Gasteiger partial charge on any atom is -0.346 e. The first kappa shape index (κ1) is 18.6. The van der Waals surface area contributed by atoms with Gasteiger partial charge in [-0.2, -0.15) is 0 Å². The van der Waals surface area contributed by atoms with Crippen LogP contribution in [0, 0.1) is 19.8 Å². The third kappa shape index (κ3) is 5.41. The number of nitrogens with one attached hydrogen (secondary N) is 2. The van der Waals surface area contributed by atoms with Gasteiger partial charge in [0.2, 0.25) is 5.91 Å². The molecule has 0 saturated heterocycles. The predicted molar refractivity (Wildman–Crippen MR) is 98.2 cm³/mol. The van der Waals surface area contributed by atoms with Crippen molar-refractivity contribution in [2.75, 3.05) is 6.54 Å². The first-order chi connectivity index (χ1) is 11.9. The van der Waals surface area contributed by atoms with E-state index >= 15 is 0 Å². The summed E-state index contributed by atoms with van der Waals surface area (Å²) < 4.78 is 0. The number of pyridine rings is 1. The van der Waals surface area contributed by atoms with Crippen molar-refractivity contribution < 1.29 is 9.59 Å². The summed E-state index contributed by atoms with van der Waals surface area (Å²) in [7, 11) is 0. The Morgan fingerprint density at radius 3 is 2.32 bits per heavy atom. The molecule has 1 heterocycles. The van der Waals surface area contributed by atoms with Gasteiger partial charge >= 0.3 is 0 Å². The maximum Gasteiger partial charge on any atom is 0.251 e. The zero-order valence-corrected chi connectivity index (χ0v) is 15.2. The van der Waals surface area contributed by atoms with Crippen molar-refractivity contribution in [3.63, 3.8) is 0 Å². The number of aromatic nitrogens is 1. The topological polar surface area (TPSA) is 71.1 Å². The second-order valence-corrected chi connectivity index (χ2v) is 6.60. The Bertz CT molecular complexity index is 722. The fraction of sp³-hybridized carbons (Fsp3) is 0.350. The Kier molecular flexibility index (Phi) is 6.28. The van der Waals surface area contributed by atoms with Gasteiger partial charge in [-0.1, -0.05) is 37.1 Å². The quantitative estimate of drug-likeness (QED) is 0.850. The monoisotopic (exact) mass is 339 g/mol. The van der Waals surface area contributed by atoms with Crippen molar-refractivity contribution in [1.29, 1.82) is 0 Å². The Morgan fingerprint density at radius 1 is 1.08 bits per heavy atom. The van der Waals surface area contributed by atoms with Crippen LogP contribution in [-0.4, -0.2) is 23.3 Å². The molecule has 2 rings (SSSR count). The summed E-state index contributed by atoms with van der Waals surface area (Å²) >= 11 is 0. The number of carbonyl (C=O) groups is 2. The van der Waals surface area contributed by atoms with Gasteiger partial charge in [0.25, 0.3) is 5.91 Å². The van der Waals surface area contributed by atoms with E-state index in [0.29, 0.717) is 5.56 Å². The average Bonchev–Trinajstić information content (AvgIpc) is 2.57. The van der Waals surface area contributed by atoms with E-state index in [1.54, 1.807) is 6.20 Å². The van der Waals surface area contributed by atoms with Crippen LogP contribution in [0.2, 0.25) is 0 Å². The van der Waals surface area contributed by atoms with Crippen molar-refractivity contribution in [3.05, 3.63) is 65.0 Å². The lowest BCUT2D eigenvalue weighted by atomic mass is 10.0. The number of amides is 2. The zero-order valence-electron chi connectivity index (χ0n) is 15.2. The van der Waals surface area contributed by atoms with Crippen molar-refractivity contribution in [3.8, 4) is 0 Å². The number of nitrogens with zero attached hydrogens (tertiary/aromatic N) is 1. The molecule has 2 aromatic rings. The van der Waals surface area contributed by atoms with Crippen molar-refractivity contribution in [1.82, 2.24) is 15.6 Å². The summed E-state index contributed by atoms with van der Waals surface area (Å²) in [6.07, 6.45) is 1.71. The number of hydrogen-bond donors (Lipinski definition) is 2. The molecule has 5 heteroatoms. The summed E-state index contributed by atoms with van der Waals surface area (Å²) in [5.41, 5.74) is 3.41. The van der Waals surface area contributed by atoms with E-state index in [9.17, 15) is 9.59 Å². The molecule has 0 unspecified atom stereocenters. The summed E-state index contributed by atoms with van der Waals surface area (Å²) in [6, 6.07) is 11.1. The Balaban J connectivity index is 1.96. The highest BCUT2D eigenvalue weighted by Crippen LogP contribution is 2.19. The van der Waals surface area contributed by atoms with E-state index in [0.717, 1.165) is 16.8 Å². The van der Waals surface area contributed by atoms with Crippen molar-refractivity contribution >= 4 is 11.8 Å². The molecule has 2 N–H and O–H groups in total. The molecule has 0 bridgehead atoms. The first-order valence-electron chi connectivity index (χ1n) is 8.43. The highest BCUT2D eigenvalue weighted by atomic mass is 16.2. The van der Waals surface area contributed by atoms with E-state index in [4.69, 9.17) is 0 Å². The maximum atomic E-state index is 12.2. The molecule has 1 aromatic heterocycles. The molecule has 0 aliphatic heterocycles. The molecule has 5 nitrogen and oxygen atoms in total. The standard InChI is InChI=1S/C20H25N3O2/c1-13(2)19(17-7-5-6-8-21-17)23-18(24)12-22-20(25)16-10-14(3)9-15(4)11-16/h5-11,13,19H,12H2,1-4H3,(H,22,25)(H,23,24)/t19-/m0/s1. The van der Waals surface area contributed by atoms with Crippen LogP contribution in [0.15, 0.2) is 42.6 Å². The van der Waals surface area contributed by atoms with E-state index in [1.807, 2.05) is 64.1 Å². The smallest absolute Gasteiger partial charge is 0.251 e. The summed E-state index contributed by atoms with van der Waals surface area (Å²) in [5, 5.41) is 5.62. The molecule has 0 aliphatic carbocycles. The molecular weight excluding hydrogens is 314 g/mol. The van der Waals surface area contributed by atoms with E-state index in [1.165, 1.54) is 0 Å². The highest BCUT2D eigenvalue weighted by molar-refractivity contribution is 5.96. The van der Waals surface area contributed by atoms with Crippen LogP contribution in [0.4, 0.5) is 0 Å². The summed E-state index contributed by atoms with van der Waals surface area (Å²) in [4.78, 5) is 28.8. The minimum atomic E-state index is -0.249. The largest absolute Gasteiger partial charge is 0.346 e. The number of carbonyl (C=O) groups excluding carboxylic acids is 2. The predicted octanol–water partition coefficient (Wildman–Crippen LogP) is 2.94. The van der Waals surface area contributed by atoms with Gasteiger partial charge in [-0.05, 0) is 44.0 Å². The molecule has 0 spiro atoms. The molecule has 1 atom stereocenters. The van der Waals surface area contributed by atoms with Crippen LogP contribution in [0.5, 0.6) is 0 Å². The van der Waals surface area contributed by atoms with E-state index in [-0.39, 0.29) is 30.3 Å². The van der Waals surface area contributed by atoms with Gasteiger partial charge in [-0.25, -0.2) is 0 Å². The molecule has 2 amide bonds. The van der Waals surface area contributed by atoms with E-state index in [2.05, 4.69) is 15.6 Å². The van der Waals surface area contributed by atoms with Gasteiger partial charge in [0.1, 0.15) is 0 Å². The third-order valence-corrected chi connectivity index (χ3v) is 3.88. The lowest BCUT2D eigenvalue weighted by Crippen LogP contribution is -2.40. The zero-order chi connectivity index (χ0) is 18.4. The molecular formula is C20H25N3O2. The maximum absolute atomic E-state index is 12.2. The normalized spacial score (nSPS) is 11.9. The molecule has 1 aromatic carbocycles. The third-order valence-electron chi connectivity index (χ3n) is 3.88. The number of rotatable bonds is 6. The van der Waals surface area contributed by atoms with Crippen molar-refractivity contribution in [2.45, 2.75) is 33.7 Å². The second-order valence-electron chi connectivity index (χ2n) is 6.60. The fourth-order valence-electron chi connectivity index (χ4n) is 2.73. The average molecular weight is 339 g/mol. The van der Waals surface area contributed by atoms with Gasteiger partial charge < -0.3 is 10.6 Å². The molecule has 25 heavy (non-hydrogen) atoms. The Labute approximate surface area is 148 Å². The van der Waals surface area contributed by atoms with Crippen molar-refractivity contribution in [2.24, 2.45) is 5.92 Å². The highest BCUT2D eigenvalue weighted by Gasteiger charge is 2.19. The molecule has 0 fully saturated rings. The number of aryl methyl sites for hydroxylation is 2. The van der Waals surface area contributed by atoms with E-state index < -0.39 is 0 Å². The molecule has 0 radical (unpaired) electrons. The Hall–Kier alpha value is -2.69. The van der Waals surface area contributed by atoms with Gasteiger partial charge in [0.15, 0.2) is 0 Å². The SMILES string of the molecule is Cc1cc(C)cc(C(=O)NCC(=O)N[C@H](c2ccccn2)C(C)C)c1. The van der Waals surface area contributed by atoms with Crippen LogP contribution in [-0.2, 0) is 4.79 Å². The van der Waals surface area contributed by atoms with Crippen LogP contribution in [0.1, 0.15) is 47.1 Å². The lowest BCUT2D eigenvalue weighted by Gasteiger charge is -2.22. The second kappa shape index (κ2) is 8.42. The van der Waals surface area contributed by atoms with Crippen LogP contribution in [0.3, 0.4) is 0 Å².